The van der Waals surface area contributed by atoms with Crippen LogP contribution in [-0.4, -0.2) is 17.9 Å². The van der Waals surface area contributed by atoms with Crippen LogP contribution in [0, 0.1) is 5.82 Å². The molecule has 2 aromatic carbocycles. The number of anilines is 3. The summed E-state index contributed by atoms with van der Waals surface area (Å²) in [7, 11) is 0. The molecule has 0 saturated carbocycles. The normalized spacial score (nSPS) is 11.8. The second kappa shape index (κ2) is 8.47. The molecule has 2 aromatic rings. The maximum absolute atomic E-state index is 13.7. The predicted molar refractivity (Wildman–Crippen MR) is 103 cm³/mol. The summed E-state index contributed by atoms with van der Waals surface area (Å²) in [5.41, 5.74) is 2.52. The van der Waals surface area contributed by atoms with E-state index < -0.39 is 11.9 Å². The molecular weight excluding hydrogens is 333 g/mol. The van der Waals surface area contributed by atoms with Gasteiger partial charge in [0, 0.05) is 18.3 Å². The Bertz CT molecular complexity index is 788. The summed E-state index contributed by atoms with van der Waals surface area (Å²) >= 11 is 0. The van der Waals surface area contributed by atoms with Crippen LogP contribution in [0.4, 0.5) is 21.5 Å². The first kappa shape index (κ1) is 19.4. The number of carbonyl (C=O) groups excluding carboxylic acids is 2. The molecule has 3 N–H and O–H groups in total. The van der Waals surface area contributed by atoms with Gasteiger partial charge in [0.2, 0.25) is 11.8 Å². The Balaban J connectivity index is 2.01. The second-order valence-electron chi connectivity index (χ2n) is 6.51. The first-order chi connectivity index (χ1) is 12.3. The largest absolute Gasteiger partial charge is 0.374 e. The number of nitrogens with one attached hydrogen (secondary N) is 3. The smallest absolute Gasteiger partial charge is 0.246 e. The standard InChI is InChI=1S/C20H24FN3O2/c1-12(2)15-5-7-16(8-6-15)24-20(26)13(3)22-17-9-10-18(21)19(11-17)23-14(4)25/h5-13,22H,1-4H3,(H,23,25)(H,24,26)/t13-/m1/s1. The lowest BCUT2D eigenvalue weighted by molar-refractivity contribution is -0.116. The molecule has 0 saturated heterocycles. The molecule has 0 aromatic heterocycles. The first-order valence-corrected chi connectivity index (χ1v) is 8.50. The van der Waals surface area contributed by atoms with Crippen LogP contribution in [-0.2, 0) is 9.59 Å². The lowest BCUT2D eigenvalue weighted by Crippen LogP contribution is -2.31. The average Bonchev–Trinajstić information content (AvgIpc) is 2.57. The highest BCUT2D eigenvalue weighted by Crippen LogP contribution is 2.21. The van der Waals surface area contributed by atoms with E-state index in [1.54, 1.807) is 6.92 Å². The molecule has 0 heterocycles. The molecule has 0 fully saturated rings. The molecule has 1 atom stereocenters. The number of hydrogen-bond acceptors (Lipinski definition) is 3. The van der Waals surface area contributed by atoms with Gasteiger partial charge >= 0.3 is 0 Å². The van der Waals surface area contributed by atoms with Crippen LogP contribution in [0.15, 0.2) is 42.5 Å². The first-order valence-electron chi connectivity index (χ1n) is 8.50. The second-order valence-corrected chi connectivity index (χ2v) is 6.51. The Morgan fingerprint density at radius 2 is 1.54 bits per heavy atom. The van der Waals surface area contributed by atoms with Crippen molar-refractivity contribution >= 4 is 28.9 Å². The third-order valence-electron chi connectivity index (χ3n) is 3.90. The topological polar surface area (TPSA) is 70.2 Å². The molecule has 0 aliphatic carbocycles. The number of hydrogen-bond donors (Lipinski definition) is 3. The number of carbonyl (C=O) groups is 2. The summed E-state index contributed by atoms with van der Waals surface area (Å²) in [6.07, 6.45) is 0. The quantitative estimate of drug-likeness (QED) is 0.720. The van der Waals surface area contributed by atoms with E-state index in [1.165, 1.54) is 30.7 Å². The van der Waals surface area contributed by atoms with Crippen LogP contribution in [0.2, 0.25) is 0 Å². The highest BCUT2D eigenvalue weighted by atomic mass is 19.1. The van der Waals surface area contributed by atoms with Gasteiger partial charge in [-0.05, 0) is 48.7 Å². The molecule has 0 unspecified atom stereocenters. The van der Waals surface area contributed by atoms with E-state index in [-0.39, 0.29) is 17.5 Å². The van der Waals surface area contributed by atoms with Crippen molar-refractivity contribution in [2.24, 2.45) is 0 Å². The minimum atomic E-state index is -0.546. The van der Waals surface area contributed by atoms with Gasteiger partial charge in [0.15, 0.2) is 0 Å². The summed E-state index contributed by atoms with van der Waals surface area (Å²) in [4.78, 5) is 23.5. The molecular formula is C20H24FN3O2. The van der Waals surface area contributed by atoms with Crippen molar-refractivity contribution in [2.75, 3.05) is 16.0 Å². The van der Waals surface area contributed by atoms with Crippen LogP contribution in [0.25, 0.3) is 0 Å². The number of amides is 2. The van der Waals surface area contributed by atoms with Crippen LogP contribution in [0.5, 0.6) is 0 Å². The SMILES string of the molecule is CC(=O)Nc1cc(N[C@H](C)C(=O)Nc2ccc(C(C)C)cc2)ccc1F. The minimum Gasteiger partial charge on any atom is -0.374 e. The van der Waals surface area contributed by atoms with Gasteiger partial charge in [0.05, 0.1) is 5.69 Å². The Labute approximate surface area is 153 Å². The van der Waals surface area contributed by atoms with Gasteiger partial charge in [-0.3, -0.25) is 9.59 Å². The molecule has 6 heteroatoms. The van der Waals surface area contributed by atoms with Crippen LogP contribution in [0.3, 0.4) is 0 Å². The maximum Gasteiger partial charge on any atom is 0.246 e. The Morgan fingerprint density at radius 3 is 2.12 bits per heavy atom. The zero-order valence-electron chi connectivity index (χ0n) is 15.4. The lowest BCUT2D eigenvalue weighted by Gasteiger charge is -2.16. The molecule has 26 heavy (non-hydrogen) atoms. The summed E-state index contributed by atoms with van der Waals surface area (Å²) < 4.78 is 13.7. The van der Waals surface area contributed by atoms with Gasteiger partial charge in [0.25, 0.3) is 0 Å². The monoisotopic (exact) mass is 357 g/mol. The highest BCUT2D eigenvalue weighted by molar-refractivity contribution is 5.96. The Morgan fingerprint density at radius 1 is 0.923 bits per heavy atom. The van der Waals surface area contributed by atoms with Gasteiger partial charge in [-0.25, -0.2) is 4.39 Å². The fourth-order valence-electron chi connectivity index (χ4n) is 2.42. The van der Waals surface area contributed by atoms with E-state index in [1.807, 2.05) is 24.3 Å². The van der Waals surface area contributed by atoms with E-state index >= 15 is 0 Å². The Hall–Kier alpha value is -2.89. The van der Waals surface area contributed by atoms with Crippen molar-refractivity contribution in [3.8, 4) is 0 Å². The van der Waals surface area contributed by atoms with E-state index in [2.05, 4.69) is 29.8 Å². The van der Waals surface area contributed by atoms with Crippen LogP contribution in [0.1, 0.15) is 39.2 Å². The maximum atomic E-state index is 13.7. The number of rotatable bonds is 6. The van der Waals surface area contributed by atoms with Crippen LogP contribution < -0.4 is 16.0 Å². The third-order valence-corrected chi connectivity index (χ3v) is 3.90. The summed E-state index contributed by atoms with van der Waals surface area (Å²) in [6, 6.07) is 11.4. The molecule has 0 spiro atoms. The number of halogens is 1. The van der Waals surface area contributed by atoms with Gasteiger partial charge in [-0.2, -0.15) is 0 Å². The van der Waals surface area contributed by atoms with Crippen molar-refractivity contribution in [1.29, 1.82) is 0 Å². The number of benzene rings is 2. The van der Waals surface area contributed by atoms with Gasteiger partial charge in [0.1, 0.15) is 11.9 Å². The van der Waals surface area contributed by atoms with Gasteiger partial charge in [-0.1, -0.05) is 26.0 Å². The fraction of sp³-hybridized carbons (Fsp3) is 0.300. The molecule has 0 aliphatic rings. The Kier molecular flexibility index (Phi) is 6.33. The molecule has 5 nitrogen and oxygen atoms in total. The van der Waals surface area contributed by atoms with Crippen molar-refractivity contribution in [2.45, 2.75) is 39.7 Å². The zero-order chi connectivity index (χ0) is 19.3. The highest BCUT2D eigenvalue weighted by Gasteiger charge is 2.14. The van der Waals surface area contributed by atoms with Gasteiger partial charge < -0.3 is 16.0 Å². The fourth-order valence-corrected chi connectivity index (χ4v) is 2.42. The molecule has 138 valence electrons. The van der Waals surface area contributed by atoms with Crippen molar-refractivity contribution in [1.82, 2.24) is 0 Å². The van der Waals surface area contributed by atoms with E-state index in [0.717, 1.165) is 0 Å². The van der Waals surface area contributed by atoms with E-state index in [4.69, 9.17) is 0 Å². The molecule has 2 amide bonds. The summed E-state index contributed by atoms with van der Waals surface area (Å²) in [5, 5.41) is 8.26. The molecule has 0 aliphatic heterocycles. The zero-order valence-corrected chi connectivity index (χ0v) is 15.4. The molecule has 0 bridgehead atoms. The van der Waals surface area contributed by atoms with Crippen molar-refractivity contribution in [3.05, 3.63) is 53.8 Å². The summed E-state index contributed by atoms with van der Waals surface area (Å²) in [6.45, 7) is 7.23. The van der Waals surface area contributed by atoms with E-state index in [9.17, 15) is 14.0 Å². The van der Waals surface area contributed by atoms with Crippen LogP contribution >= 0.6 is 0 Å². The summed E-state index contributed by atoms with van der Waals surface area (Å²) in [5.74, 6) is -0.686. The van der Waals surface area contributed by atoms with E-state index in [0.29, 0.717) is 17.3 Å². The third kappa shape index (κ3) is 5.31. The predicted octanol–water partition coefficient (Wildman–Crippen LogP) is 4.35. The lowest BCUT2D eigenvalue weighted by atomic mass is 10.0. The van der Waals surface area contributed by atoms with Crippen molar-refractivity contribution < 1.29 is 14.0 Å². The van der Waals surface area contributed by atoms with Gasteiger partial charge in [-0.15, -0.1) is 0 Å². The van der Waals surface area contributed by atoms with Crippen molar-refractivity contribution in [3.63, 3.8) is 0 Å². The minimum absolute atomic E-state index is 0.0689. The molecule has 0 radical (unpaired) electrons. The average molecular weight is 357 g/mol. The molecule has 2 rings (SSSR count).